The summed E-state index contributed by atoms with van der Waals surface area (Å²) >= 11 is 0. The Hall–Kier alpha value is -2.67. The summed E-state index contributed by atoms with van der Waals surface area (Å²) in [5.41, 5.74) is 4.54. The van der Waals surface area contributed by atoms with E-state index in [0.29, 0.717) is 6.42 Å². The zero-order chi connectivity index (χ0) is 18.9. The smallest absolute Gasteiger partial charge is 0.173 e. The van der Waals surface area contributed by atoms with Crippen molar-refractivity contribution >= 4 is 5.78 Å². The molecule has 0 saturated carbocycles. The van der Waals surface area contributed by atoms with Gasteiger partial charge in [-0.05, 0) is 18.8 Å². The Morgan fingerprint density at radius 3 is 2.62 bits per heavy atom. The normalized spacial score (nSPS) is 23.7. The lowest BCUT2D eigenvalue weighted by Crippen LogP contribution is -2.40. The van der Waals surface area contributed by atoms with Gasteiger partial charge in [-0.25, -0.2) is 0 Å². The first kappa shape index (κ1) is 18.1. The summed E-state index contributed by atoms with van der Waals surface area (Å²) in [7, 11) is 1.97. The van der Waals surface area contributed by atoms with Crippen LogP contribution in [0.3, 0.4) is 0 Å². The van der Waals surface area contributed by atoms with Crippen LogP contribution in [0.15, 0.2) is 42.0 Å². The Labute approximate surface area is 155 Å². The second kappa shape index (κ2) is 6.92. The maximum absolute atomic E-state index is 12.1. The SMILES string of the molecule is CC.Cn1nc2c(c1-c1ccccc1)CCC1CC(=O)C(C#N)=CC21C. The Kier molecular flexibility index (Phi) is 4.82. The van der Waals surface area contributed by atoms with Crippen molar-refractivity contribution in [3.05, 3.63) is 53.2 Å². The van der Waals surface area contributed by atoms with E-state index < -0.39 is 0 Å². The monoisotopic (exact) mass is 347 g/mol. The van der Waals surface area contributed by atoms with E-state index in [1.807, 2.05) is 49.9 Å². The zero-order valence-corrected chi connectivity index (χ0v) is 15.9. The van der Waals surface area contributed by atoms with Gasteiger partial charge in [0.05, 0.1) is 17.0 Å². The summed E-state index contributed by atoms with van der Waals surface area (Å²) in [5.74, 6) is 0.204. The van der Waals surface area contributed by atoms with Crippen LogP contribution < -0.4 is 0 Å². The van der Waals surface area contributed by atoms with Gasteiger partial charge in [-0.1, -0.05) is 57.2 Å². The van der Waals surface area contributed by atoms with Crippen LogP contribution in [0, 0.1) is 17.2 Å². The van der Waals surface area contributed by atoms with Gasteiger partial charge in [-0.2, -0.15) is 10.4 Å². The van der Waals surface area contributed by atoms with Crippen molar-refractivity contribution in [1.29, 1.82) is 5.26 Å². The molecule has 2 atom stereocenters. The summed E-state index contributed by atoms with van der Waals surface area (Å²) in [6.07, 6.45) is 4.20. The van der Waals surface area contributed by atoms with E-state index in [0.717, 1.165) is 29.8 Å². The molecule has 4 heteroatoms. The predicted molar refractivity (Wildman–Crippen MR) is 102 cm³/mol. The molecule has 0 aliphatic heterocycles. The molecule has 0 fully saturated rings. The lowest BCUT2D eigenvalue weighted by atomic mass is 9.61. The van der Waals surface area contributed by atoms with Crippen LogP contribution in [0.4, 0.5) is 0 Å². The molecule has 1 heterocycles. The van der Waals surface area contributed by atoms with Crippen LogP contribution in [0.1, 0.15) is 44.9 Å². The highest BCUT2D eigenvalue weighted by Gasteiger charge is 2.46. The van der Waals surface area contributed by atoms with Crippen molar-refractivity contribution in [2.24, 2.45) is 13.0 Å². The molecule has 26 heavy (non-hydrogen) atoms. The second-order valence-corrected chi connectivity index (χ2v) is 6.98. The average Bonchev–Trinajstić information content (AvgIpc) is 3.01. The molecule has 0 radical (unpaired) electrons. The number of aromatic nitrogens is 2. The van der Waals surface area contributed by atoms with Crippen LogP contribution in [0.5, 0.6) is 0 Å². The molecule has 0 bridgehead atoms. The highest BCUT2D eigenvalue weighted by molar-refractivity contribution is 6.00. The quantitative estimate of drug-likeness (QED) is 0.770. The highest BCUT2D eigenvalue weighted by Crippen LogP contribution is 2.49. The number of ketones is 1. The number of rotatable bonds is 1. The van der Waals surface area contributed by atoms with Crippen LogP contribution in [-0.2, 0) is 23.7 Å². The molecule has 2 aliphatic carbocycles. The van der Waals surface area contributed by atoms with E-state index in [4.69, 9.17) is 5.10 Å². The number of nitriles is 1. The number of aryl methyl sites for hydroxylation is 1. The van der Waals surface area contributed by atoms with Gasteiger partial charge < -0.3 is 0 Å². The Bertz CT molecular complexity index is 901. The molecule has 134 valence electrons. The lowest BCUT2D eigenvalue weighted by molar-refractivity contribution is -0.117. The van der Waals surface area contributed by atoms with Gasteiger partial charge in [-0.15, -0.1) is 0 Å². The maximum Gasteiger partial charge on any atom is 0.173 e. The molecule has 2 unspecified atom stereocenters. The van der Waals surface area contributed by atoms with Crippen molar-refractivity contribution in [3.63, 3.8) is 0 Å². The van der Waals surface area contributed by atoms with Gasteiger partial charge in [0.25, 0.3) is 0 Å². The van der Waals surface area contributed by atoms with E-state index in [2.05, 4.69) is 25.1 Å². The van der Waals surface area contributed by atoms with Crippen molar-refractivity contribution in [1.82, 2.24) is 9.78 Å². The molecule has 0 saturated heterocycles. The summed E-state index contributed by atoms with van der Waals surface area (Å²) < 4.78 is 1.95. The van der Waals surface area contributed by atoms with Gasteiger partial charge >= 0.3 is 0 Å². The number of hydrogen-bond acceptors (Lipinski definition) is 3. The topological polar surface area (TPSA) is 58.7 Å². The fourth-order valence-corrected chi connectivity index (χ4v) is 4.32. The van der Waals surface area contributed by atoms with Gasteiger partial charge in [0.2, 0.25) is 0 Å². The highest BCUT2D eigenvalue weighted by atomic mass is 16.1. The van der Waals surface area contributed by atoms with Gasteiger partial charge in [-0.3, -0.25) is 9.48 Å². The number of hydrogen-bond donors (Lipinski definition) is 0. The molecule has 1 aromatic heterocycles. The van der Waals surface area contributed by atoms with E-state index in [1.165, 1.54) is 5.56 Å². The van der Waals surface area contributed by atoms with Crippen LogP contribution >= 0.6 is 0 Å². The lowest BCUT2D eigenvalue weighted by Gasteiger charge is -2.40. The third kappa shape index (κ3) is 2.68. The van der Waals surface area contributed by atoms with Gasteiger partial charge in [0, 0.05) is 30.0 Å². The minimum Gasteiger partial charge on any atom is -0.293 e. The minimum absolute atomic E-state index is 0.0253. The van der Waals surface area contributed by atoms with E-state index in [9.17, 15) is 10.1 Å². The molecular formula is C22H25N3O. The molecule has 4 rings (SSSR count). The summed E-state index contributed by atoms with van der Waals surface area (Å²) in [5, 5.41) is 14.1. The van der Waals surface area contributed by atoms with E-state index in [-0.39, 0.29) is 22.7 Å². The summed E-state index contributed by atoms with van der Waals surface area (Å²) in [6, 6.07) is 12.4. The molecule has 0 amide bonds. The van der Waals surface area contributed by atoms with Crippen molar-refractivity contribution < 1.29 is 4.79 Å². The van der Waals surface area contributed by atoms with Gasteiger partial charge in [0.1, 0.15) is 6.07 Å². The van der Waals surface area contributed by atoms with Crippen LogP contribution in [0.2, 0.25) is 0 Å². The summed E-state index contributed by atoms with van der Waals surface area (Å²) in [4.78, 5) is 12.1. The van der Waals surface area contributed by atoms with E-state index >= 15 is 0 Å². The van der Waals surface area contributed by atoms with Crippen molar-refractivity contribution in [2.45, 2.75) is 45.4 Å². The van der Waals surface area contributed by atoms with Crippen molar-refractivity contribution in [2.75, 3.05) is 0 Å². The fraction of sp³-hybridized carbons (Fsp3) is 0.409. The maximum atomic E-state index is 12.1. The average molecular weight is 347 g/mol. The third-order valence-corrected chi connectivity index (χ3v) is 5.59. The largest absolute Gasteiger partial charge is 0.293 e. The predicted octanol–water partition coefficient (Wildman–Crippen LogP) is 4.36. The summed E-state index contributed by atoms with van der Waals surface area (Å²) in [6.45, 7) is 6.13. The molecule has 4 nitrogen and oxygen atoms in total. The number of benzene rings is 1. The number of Topliss-reactive ketones (excluding diaryl/α,β-unsaturated/α-hetero) is 1. The Morgan fingerprint density at radius 1 is 1.27 bits per heavy atom. The molecule has 1 aromatic carbocycles. The number of nitrogens with zero attached hydrogens (tertiary/aromatic N) is 3. The first-order valence-electron chi connectivity index (χ1n) is 9.32. The third-order valence-electron chi connectivity index (χ3n) is 5.59. The number of carbonyl (C=O) groups excluding carboxylic acids is 1. The first-order chi connectivity index (χ1) is 12.5. The van der Waals surface area contributed by atoms with Crippen LogP contribution in [0.25, 0.3) is 11.3 Å². The van der Waals surface area contributed by atoms with Crippen LogP contribution in [-0.4, -0.2) is 15.6 Å². The van der Waals surface area contributed by atoms with Gasteiger partial charge in [0.15, 0.2) is 5.78 Å². The Morgan fingerprint density at radius 2 is 1.96 bits per heavy atom. The molecule has 0 N–H and O–H groups in total. The molecule has 2 aliphatic rings. The first-order valence-corrected chi connectivity index (χ1v) is 9.32. The van der Waals surface area contributed by atoms with E-state index in [1.54, 1.807) is 0 Å². The fourth-order valence-electron chi connectivity index (χ4n) is 4.32. The number of allylic oxidation sites excluding steroid dienone is 2. The second-order valence-electron chi connectivity index (χ2n) is 6.98. The Balaban J connectivity index is 0.000000948. The van der Waals surface area contributed by atoms with Crippen molar-refractivity contribution in [3.8, 4) is 17.3 Å². The standard InChI is InChI=1S/C20H19N3O.C2H6/c1-20-11-14(12-21)17(24)10-15(20)8-9-16-18(23(2)22-19(16)20)13-6-4-3-5-7-13;1-2/h3-7,11,15H,8-10H2,1-2H3;1-2H3. The number of carbonyl (C=O) groups is 1. The molecule has 2 aromatic rings. The minimum atomic E-state index is -0.336. The molecule has 0 spiro atoms. The number of fused-ring (bicyclic) bond motifs is 3. The zero-order valence-electron chi connectivity index (χ0n) is 15.9. The molecular weight excluding hydrogens is 322 g/mol.